The van der Waals surface area contributed by atoms with E-state index in [0.29, 0.717) is 0 Å². The molecule has 1 aliphatic carbocycles. The molecule has 3 aromatic carbocycles. The van der Waals surface area contributed by atoms with Crippen molar-refractivity contribution in [3.05, 3.63) is 77.9 Å². The van der Waals surface area contributed by atoms with Crippen molar-refractivity contribution in [2.75, 3.05) is 5.32 Å². The van der Waals surface area contributed by atoms with Gasteiger partial charge in [0.2, 0.25) is 0 Å². The summed E-state index contributed by atoms with van der Waals surface area (Å²) in [6.45, 7) is 2.12. The van der Waals surface area contributed by atoms with Crippen molar-refractivity contribution in [2.24, 2.45) is 0 Å². The lowest BCUT2D eigenvalue weighted by atomic mass is 9.92. The van der Waals surface area contributed by atoms with E-state index in [2.05, 4.69) is 79.0 Å². The Bertz CT molecular complexity index is 1170. The maximum atomic E-state index is 6.48. The van der Waals surface area contributed by atoms with Crippen LogP contribution in [0.5, 0.6) is 0 Å². The Morgan fingerprint density at radius 1 is 0.778 bits per heavy atom. The molecule has 0 saturated heterocycles. The van der Waals surface area contributed by atoms with E-state index in [1.165, 1.54) is 46.7 Å². The zero-order valence-corrected chi connectivity index (χ0v) is 15.6. The van der Waals surface area contributed by atoms with E-state index in [4.69, 9.17) is 4.42 Å². The molecule has 0 unspecified atom stereocenters. The monoisotopic (exact) mass is 353 g/mol. The summed E-state index contributed by atoms with van der Waals surface area (Å²) in [5, 5.41) is 5.93. The molecular weight excluding hydrogens is 330 g/mol. The minimum atomic E-state index is 0.930. The molecule has 1 N–H and O–H groups in total. The Morgan fingerprint density at radius 3 is 2.37 bits per heavy atom. The molecule has 0 atom stereocenters. The lowest BCUT2D eigenvalue weighted by Crippen LogP contribution is -1.92. The molecule has 1 heterocycles. The summed E-state index contributed by atoms with van der Waals surface area (Å²) in [7, 11) is 0. The molecule has 0 bridgehead atoms. The van der Waals surface area contributed by atoms with Gasteiger partial charge in [-0.05, 0) is 55.9 Å². The second kappa shape index (κ2) is 6.62. The number of hydrogen-bond donors (Lipinski definition) is 1. The Balaban J connectivity index is 1.69. The first-order valence-electron chi connectivity index (χ1n) is 9.77. The number of nitrogens with one attached hydrogen (secondary N) is 1. The average molecular weight is 353 g/mol. The van der Waals surface area contributed by atoms with Crippen molar-refractivity contribution < 1.29 is 4.42 Å². The highest BCUT2D eigenvalue weighted by atomic mass is 16.3. The van der Waals surface area contributed by atoms with Crippen LogP contribution in [0.4, 0.5) is 11.4 Å². The van der Waals surface area contributed by atoms with E-state index in [0.717, 1.165) is 29.0 Å². The predicted octanol–water partition coefficient (Wildman–Crippen LogP) is 7.60. The predicted molar refractivity (Wildman–Crippen MR) is 115 cm³/mol. The second-order valence-corrected chi connectivity index (χ2v) is 7.38. The van der Waals surface area contributed by atoms with Crippen LogP contribution < -0.4 is 5.32 Å². The third-order valence-electron chi connectivity index (χ3n) is 5.58. The Morgan fingerprint density at radius 2 is 1.56 bits per heavy atom. The van der Waals surface area contributed by atoms with Crippen LogP contribution in [0.25, 0.3) is 27.5 Å². The molecule has 2 heteroatoms. The first kappa shape index (κ1) is 16.2. The molecule has 2 nitrogen and oxygen atoms in total. The van der Waals surface area contributed by atoms with Crippen LogP contribution >= 0.6 is 0 Å². The van der Waals surface area contributed by atoms with Gasteiger partial charge in [0.25, 0.3) is 0 Å². The van der Waals surface area contributed by atoms with Crippen LogP contribution in [0.1, 0.15) is 36.8 Å². The lowest BCUT2D eigenvalue weighted by molar-refractivity contribution is 0.667. The quantitative estimate of drug-likeness (QED) is 0.410. The Hall–Kier alpha value is -3.00. The van der Waals surface area contributed by atoms with Gasteiger partial charge in [-0.2, -0.15) is 0 Å². The van der Waals surface area contributed by atoms with E-state index in [1.54, 1.807) is 0 Å². The van der Waals surface area contributed by atoms with E-state index in [9.17, 15) is 0 Å². The summed E-state index contributed by atoms with van der Waals surface area (Å²) >= 11 is 0. The molecule has 0 spiro atoms. The molecule has 134 valence electrons. The molecule has 4 aromatic rings. The van der Waals surface area contributed by atoms with Gasteiger partial charge in [-0.1, -0.05) is 54.6 Å². The molecule has 0 fully saturated rings. The van der Waals surface area contributed by atoms with Crippen molar-refractivity contribution >= 4 is 38.9 Å². The number of furan rings is 1. The van der Waals surface area contributed by atoms with Crippen molar-refractivity contribution in [3.8, 4) is 0 Å². The topological polar surface area (TPSA) is 25.2 Å². The van der Waals surface area contributed by atoms with Crippen LogP contribution in [0.2, 0.25) is 0 Å². The highest BCUT2D eigenvalue weighted by molar-refractivity contribution is 6.11. The van der Waals surface area contributed by atoms with E-state index in [1.807, 2.05) is 0 Å². The fourth-order valence-electron chi connectivity index (χ4n) is 4.11. The van der Waals surface area contributed by atoms with Gasteiger partial charge in [-0.15, -0.1) is 0 Å². The van der Waals surface area contributed by atoms with E-state index in [-0.39, 0.29) is 0 Å². The number of allylic oxidation sites excluding steroid dienone is 2. The minimum absolute atomic E-state index is 0.930. The van der Waals surface area contributed by atoms with Crippen LogP contribution in [0.3, 0.4) is 0 Å². The third kappa shape index (κ3) is 2.82. The van der Waals surface area contributed by atoms with Crippen LogP contribution in [-0.4, -0.2) is 0 Å². The third-order valence-corrected chi connectivity index (χ3v) is 5.58. The number of fused-ring (bicyclic) bond motifs is 3. The first-order valence-corrected chi connectivity index (χ1v) is 9.77. The van der Waals surface area contributed by atoms with Gasteiger partial charge in [-0.3, -0.25) is 0 Å². The van der Waals surface area contributed by atoms with Gasteiger partial charge in [0.1, 0.15) is 5.58 Å². The number of benzene rings is 3. The molecule has 1 aromatic heterocycles. The van der Waals surface area contributed by atoms with E-state index < -0.39 is 0 Å². The second-order valence-electron chi connectivity index (χ2n) is 7.38. The van der Waals surface area contributed by atoms with Gasteiger partial charge >= 0.3 is 0 Å². The molecule has 0 radical (unpaired) electrons. The number of aryl methyl sites for hydroxylation is 1. The van der Waals surface area contributed by atoms with Crippen molar-refractivity contribution in [2.45, 2.75) is 32.6 Å². The summed E-state index contributed by atoms with van der Waals surface area (Å²) in [5.74, 6) is 0. The van der Waals surface area contributed by atoms with Crippen molar-refractivity contribution in [1.29, 1.82) is 0 Å². The van der Waals surface area contributed by atoms with Gasteiger partial charge in [0.05, 0.1) is 5.69 Å². The van der Waals surface area contributed by atoms with Crippen LogP contribution in [-0.2, 0) is 0 Å². The summed E-state index contributed by atoms with van der Waals surface area (Å²) in [6, 6.07) is 21.2. The van der Waals surface area contributed by atoms with Crippen LogP contribution in [0.15, 0.2) is 71.2 Å². The maximum absolute atomic E-state index is 6.48. The molecular formula is C25H23NO. The highest BCUT2D eigenvalue weighted by Crippen LogP contribution is 2.39. The minimum Gasteiger partial charge on any atom is -0.453 e. The normalized spacial score (nSPS) is 14.5. The number of hydrogen-bond acceptors (Lipinski definition) is 2. The highest BCUT2D eigenvalue weighted by Gasteiger charge is 2.16. The lowest BCUT2D eigenvalue weighted by Gasteiger charge is -2.13. The van der Waals surface area contributed by atoms with Crippen LogP contribution in [0, 0.1) is 6.92 Å². The molecule has 5 rings (SSSR count). The fraction of sp³-hybridized carbons (Fsp3) is 0.200. The number of para-hydroxylation sites is 3. The molecule has 0 saturated carbocycles. The summed E-state index contributed by atoms with van der Waals surface area (Å²) in [6.07, 6.45) is 7.26. The zero-order valence-electron chi connectivity index (χ0n) is 15.6. The van der Waals surface area contributed by atoms with Crippen molar-refractivity contribution in [3.63, 3.8) is 0 Å². The summed E-state index contributed by atoms with van der Waals surface area (Å²) in [5.41, 5.74) is 7.98. The smallest absolute Gasteiger partial charge is 0.158 e. The van der Waals surface area contributed by atoms with Gasteiger partial charge in [0.15, 0.2) is 5.58 Å². The van der Waals surface area contributed by atoms with Crippen molar-refractivity contribution in [1.82, 2.24) is 0 Å². The summed E-state index contributed by atoms with van der Waals surface area (Å²) in [4.78, 5) is 0. The van der Waals surface area contributed by atoms with Gasteiger partial charge in [0, 0.05) is 22.0 Å². The Kier molecular flexibility index (Phi) is 3.97. The molecule has 0 amide bonds. The molecule has 1 aliphatic rings. The number of anilines is 2. The van der Waals surface area contributed by atoms with Gasteiger partial charge in [-0.25, -0.2) is 0 Å². The summed E-state index contributed by atoms with van der Waals surface area (Å²) < 4.78 is 6.48. The SMILES string of the molecule is Cc1ccccc1Nc1cccc2c1oc1c(C3=CCCCC3)cccc12. The standard InChI is InChI=1S/C25H23NO/c1-17-9-5-6-15-22(17)26-23-16-8-14-21-20-13-7-12-19(24(20)27-25(21)23)18-10-3-2-4-11-18/h5-10,12-16,26H,2-4,11H2,1H3. The fourth-order valence-corrected chi connectivity index (χ4v) is 4.11. The maximum Gasteiger partial charge on any atom is 0.158 e. The molecule has 0 aliphatic heterocycles. The zero-order chi connectivity index (χ0) is 18.2. The van der Waals surface area contributed by atoms with E-state index >= 15 is 0 Å². The largest absolute Gasteiger partial charge is 0.453 e. The molecule has 27 heavy (non-hydrogen) atoms. The van der Waals surface area contributed by atoms with Gasteiger partial charge < -0.3 is 9.73 Å². The number of rotatable bonds is 3. The Labute approximate surface area is 159 Å². The first-order chi connectivity index (χ1) is 13.3. The average Bonchev–Trinajstić information content (AvgIpc) is 3.10.